The maximum atomic E-state index is 13.8. The molecule has 2 aromatic rings. The molecule has 3 saturated carbocycles. The van der Waals surface area contributed by atoms with Crippen molar-refractivity contribution in [3.63, 3.8) is 0 Å². The van der Waals surface area contributed by atoms with E-state index in [1.54, 1.807) is 18.2 Å². The minimum atomic E-state index is -4.48. The topological polar surface area (TPSA) is 87.5 Å². The van der Waals surface area contributed by atoms with Crippen molar-refractivity contribution in [2.75, 3.05) is 5.75 Å². The van der Waals surface area contributed by atoms with Crippen LogP contribution >= 0.6 is 11.8 Å². The smallest absolute Gasteiger partial charge is 0.393 e. The Morgan fingerprint density at radius 3 is 2.71 bits per heavy atom. The van der Waals surface area contributed by atoms with Crippen molar-refractivity contribution in [2.45, 2.75) is 69.2 Å². The van der Waals surface area contributed by atoms with Crippen LogP contribution in [0.2, 0.25) is 0 Å². The Labute approximate surface area is 241 Å². The molecule has 4 aliphatic carbocycles. The van der Waals surface area contributed by atoms with E-state index in [1.807, 2.05) is 13.0 Å². The summed E-state index contributed by atoms with van der Waals surface area (Å²) in [5, 5.41) is 24.2. The van der Waals surface area contributed by atoms with Crippen molar-refractivity contribution in [3.8, 4) is 0 Å². The number of rotatable bonds is 4. The quantitative estimate of drug-likeness (QED) is 0.418. The second-order valence-electron chi connectivity index (χ2n) is 12.9. The van der Waals surface area contributed by atoms with Gasteiger partial charge in [0.1, 0.15) is 5.60 Å². The Balaban J connectivity index is 1.25. The molecule has 0 bridgehead atoms. The van der Waals surface area contributed by atoms with Crippen molar-refractivity contribution >= 4 is 34.2 Å². The number of benzene rings is 1. The van der Waals surface area contributed by atoms with Crippen LogP contribution in [0.3, 0.4) is 0 Å². The number of pyridine rings is 1. The van der Waals surface area contributed by atoms with Crippen LogP contribution in [0.5, 0.6) is 0 Å². The highest BCUT2D eigenvalue weighted by Gasteiger charge is 2.68. The predicted molar refractivity (Wildman–Crippen MR) is 150 cm³/mol. The molecule has 0 radical (unpaired) electrons. The second kappa shape index (κ2) is 9.51. The van der Waals surface area contributed by atoms with Crippen molar-refractivity contribution in [1.29, 1.82) is 0 Å². The Kier molecular flexibility index (Phi) is 6.64. The first-order valence-electron chi connectivity index (χ1n) is 14.2. The average Bonchev–Trinajstić information content (AvgIpc) is 3.18. The third-order valence-corrected chi connectivity index (χ3v) is 11.9. The fraction of sp³-hybridized carbons (Fsp3) is 0.531. The van der Waals surface area contributed by atoms with Gasteiger partial charge in [0.05, 0.1) is 22.9 Å². The SMILES string of the molecule is C[C@H]1CC2C([C@@H](O)CC3(C)C2CC[C@]3(O)C(=O)CSc2ccnc3cc(C(F)(F)F)ccc23)C2(C)C=CC(=O)C=C12. The third kappa shape index (κ3) is 4.25. The molecule has 8 atom stereocenters. The standard InChI is InChI=1S/C32H34F3NO4S/c1-17-12-21-22-7-10-31(40,30(22,3)15-25(38)28(21)29(2)9-6-19(37)14-23(17)29)27(39)16-41-26-8-11-36-24-13-18(32(33,34)35)4-5-20(24)26/h4-6,8-9,11,13-14,17,21-22,25,28,38,40H,7,10,12,15-16H2,1-3H3/t17-,21?,22?,25-,28?,29?,30?,31-/m0/s1. The van der Waals surface area contributed by atoms with Crippen LogP contribution in [-0.2, 0) is 15.8 Å². The van der Waals surface area contributed by atoms with Gasteiger partial charge in [-0.3, -0.25) is 14.6 Å². The van der Waals surface area contributed by atoms with E-state index in [-0.39, 0.29) is 52.9 Å². The number of alkyl halides is 3. The van der Waals surface area contributed by atoms with Crippen molar-refractivity contribution in [2.24, 2.45) is 34.5 Å². The van der Waals surface area contributed by atoms with Gasteiger partial charge in [0.2, 0.25) is 0 Å². The lowest BCUT2D eigenvalue weighted by atomic mass is 9.45. The van der Waals surface area contributed by atoms with Crippen LogP contribution in [0, 0.1) is 34.5 Å². The second-order valence-corrected chi connectivity index (χ2v) is 13.9. The summed E-state index contributed by atoms with van der Waals surface area (Å²) >= 11 is 1.19. The molecule has 5 nitrogen and oxygen atoms in total. The molecular formula is C32H34F3NO4S. The summed E-state index contributed by atoms with van der Waals surface area (Å²) in [6, 6.07) is 5.05. The maximum absolute atomic E-state index is 13.8. The summed E-state index contributed by atoms with van der Waals surface area (Å²) in [5.41, 5.74) is -2.43. The molecule has 1 aromatic carbocycles. The summed E-state index contributed by atoms with van der Waals surface area (Å²) < 4.78 is 39.6. The van der Waals surface area contributed by atoms with Gasteiger partial charge in [-0.05, 0) is 73.8 Å². The number of hydrogen-bond donors (Lipinski definition) is 2. The molecule has 4 aliphatic rings. The molecule has 0 amide bonds. The number of carbonyl (C=O) groups excluding carboxylic acids is 2. The van der Waals surface area contributed by atoms with E-state index in [1.165, 1.54) is 24.0 Å². The van der Waals surface area contributed by atoms with Gasteiger partial charge in [0.25, 0.3) is 0 Å². The zero-order chi connectivity index (χ0) is 29.5. The van der Waals surface area contributed by atoms with Gasteiger partial charge < -0.3 is 10.2 Å². The Bertz CT molecular complexity index is 1500. The predicted octanol–water partition coefficient (Wildman–Crippen LogP) is 6.17. The van der Waals surface area contributed by atoms with E-state index in [2.05, 4.69) is 18.8 Å². The van der Waals surface area contributed by atoms with Crippen LogP contribution < -0.4 is 0 Å². The molecule has 9 heteroatoms. The van der Waals surface area contributed by atoms with E-state index >= 15 is 0 Å². The van der Waals surface area contributed by atoms with Crippen molar-refractivity contribution < 1.29 is 33.0 Å². The first kappa shape index (κ1) is 28.6. The monoisotopic (exact) mass is 585 g/mol. The van der Waals surface area contributed by atoms with Crippen LogP contribution in [0.15, 0.2) is 59.2 Å². The first-order chi connectivity index (χ1) is 19.2. The van der Waals surface area contributed by atoms with E-state index in [0.717, 1.165) is 24.1 Å². The lowest BCUT2D eigenvalue weighted by Crippen LogP contribution is -2.62. The van der Waals surface area contributed by atoms with Gasteiger partial charge in [-0.15, -0.1) is 11.8 Å². The summed E-state index contributed by atoms with van der Waals surface area (Å²) in [5.74, 6) is -0.251. The van der Waals surface area contributed by atoms with Crippen LogP contribution in [-0.4, -0.2) is 44.2 Å². The highest BCUT2D eigenvalue weighted by molar-refractivity contribution is 8.00. The van der Waals surface area contributed by atoms with Gasteiger partial charge in [0.15, 0.2) is 11.6 Å². The maximum Gasteiger partial charge on any atom is 0.416 e. The van der Waals surface area contributed by atoms with Gasteiger partial charge in [0, 0.05) is 33.2 Å². The molecule has 1 heterocycles. The highest BCUT2D eigenvalue weighted by atomic mass is 32.2. The molecule has 0 saturated heterocycles. The highest BCUT2D eigenvalue weighted by Crippen LogP contribution is 2.68. The molecule has 41 heavy (non-hydrogen) atoms. The lowest BCUT2D eigenvalue weighted by Gasteiger charge is -2.60. The molecule has 0 spiro atoms. The Morgan fingerprint density at radius 1 is 1.22 bits per heavy atom. The number of aliphatic hydroxyl groups excluding tert-OH is 1. The van der Waals surface area contributed by atoms with Crippen molar-refractivity contribution in [1.82, 2.24) is 4.98 Å². The molecule has 1 aromatic heterocycles. The summed E-state index contributed by atoms with van der Waals surface area (Å²) in [7, 11) is 0. The molecule has 6 rings (SSSR count). The first-order valence-corrected chi connectivity index (χ1v) is 15.2. The average molecular weight is 586 g/mol. The van der Waals surface area contributed by atoms with Gasteiger partial charge >= 0.3 is 6.18 Å². The number of hydrogen-bond acceptors (Lipinski definition) is 6. The Hall–Kier alpha value is -2.49. The van der Waals surface area contributed by atoms with Crippen LogP contribution in [0.1, 0.15) is 52.0 Å². The van der Waals surface area contributed by atoms with E-state index in [4.69, 9.17) is 0 Å². The molecule has 0 aliphatic heterocycles. The number of allylic oxidation sites excluding steroid dienone is 4. The van der Waals surface area contributed by atoms with Crippen molar-refractivity contribution in [3.05, 3.63) is 59.8 Å². The van der Waals surface area contributed by atoms with Crippen LogP contribution in [0.4, 0.5) is 13.2 Å². The van der Waals surface area contributed by atoms with E-state index in [0.29, 0.717) is 23.1 Å². The molecule has 218 valence electrons. The number of aromatic nitrogens is 1. The largest absolute Gasteiger partial charge is 0.416 e. The molecular weight excluding hydrogens is 551 g/mol. The number of ketones is 2. The van der Waals surface area contributed by atoms with E-state index in [9.17, 15) is 33.0 Å². The molecule has 3 fully saturated rings. The minimum Gasteiger partial charge on any atom is -0.393 e. The number of thioether (sulfide) groups is 1. The van der Waals surface area contributed by atoms with E-state index < -0.39 is 34.3 Å². The third-order valence-electron chi connectivity index (χ3n) is 10.8. The summed E-state index contributed by atoms with van der Waals surface area (Å²) in [6.45, 7) is 6.15. The van der Waals surface area contributed by atoms with Gasteiger partial charge in [-0.1, -0.05) is 38.5 Å². The van der Waals surface area contributed by atoms with Gasteiger partial charge in [-0.2, -0.15) is 13.2 Å². The summed E-state index contributed by atoms with van der Waals surface area (Å²) in [4.78, 5) is 30.7. The van der Waals surface area contributed by atoms with Gasteiger partial charge in [-0.25, -0.2) is 0 Å². The fourth-order valence-corrected chi connectivity index (χ4v) is 9.91. The molecule has 5 unspecified atom stereocenters. The minimum absolute atomic E-state index is 0.0287. The Morgan fingerprint density at radius 2 is 1.98 bits per heavy atom. The molecule has 2 N–H and O–H groups in total. The lowest BCUT2D eigenvalue weighted by molar-refractivity contribution is -0.176. The fourth-order valence-electron chi connectivity index (χ4n) is 8.90. The van der Waals surface area contributed by atoms with Crippen LogP contribution in [0.25, 0.3) is 10.9 Å². The number of fused-ring (bicyclic) bond motifs is 6. The number of aliphatic hydroxyl groups is 2. The number of Topliss-reactive ketones (excluding diaryl/α,β-unsaturated/α-hetero) is 1. The number of halogens is 3. The number of carbonyl (C=O) groups is 2. The number of nitrogens with zero attached hydrogens (tertiary/aromatic N) is 1. The zero-order valence-electron chi connectivity index (χ0n) is 23.2. The summed E-state index contributed by atoms with van der Waals surface area (Å²) in [6.07, 6.45) is 3.49. The zero-order valence-corrected chi connectivity index (χ0v) is 24.1. The normalized spacial score (nSPS) is 38.3.